The van der Waals surface area contributed by atoms with Gasteiger partial charge in [0.25, 0.3) is 0 Å². The van der Waals surface area contributed by atoms with Crippen LogP contribution in [-0.4, -0.2) is 74.7 Å². The Kier molecular flexibility index (Phi) is 11.6. The lowest BCUT2D eigenvalue weighted by Gasteiger charge is -2.24. The first-order valence-corrected chi connectivity index (χ1v) is 11.9. The Bertz CT molecular complexity index is 1160. The average Bonchev–Trinajstić information content (AvgIpc) is 3.38. The van der Waals surface area contributed by atoms with Gasteiger partial charge in [-0.15, -0.1) is 0 Å². The molecule has 5 amide bonds. The van der Waals surface area contributed by atoms with Gasteiger partial charge in [-0.3, -0.25) is 24.0 Å². The summed E-state index contributed by atoms with van der Waals surface area (Å²) in [6.07, 6.45) is 1.69. The molecule has 0 radical (unpaired) electrons. The second kappa shape index (κ2) is 14.8. The molecule has 15 nitrogen and oxygen atoms in total. The maximum absolute atomic E-state index is 13.1. The Morgan fingerprint density at radius 1 is 0.846 bits per heavy atom. The van der Waals surface area contributed by atoms with Crippen molar-refractivity contribution in [1.82, 2.24) is 25.9 Å². The second-order valence-electron chi connectivity index (χ2n) is 8.77. The highest BCUT2D eigenvalue weighted by Crippen LogP contribution is 2.06. The monoisotopic (exact) mass is 544 g/mol. The maximum Gasteiger partial charge on any atom is 0.326 e. The summed E-state index contributed by atoms with van der Waals surface area (Å²) in [6, 6.07) is 3.10. The molecule has 0 bridgehead atoms. The summed E-state index contributed by atoms with van der Waals surface area (Å²) >= 11 is 0. The summed E-state index contributed by atoms with van der Waals surface area (Å²) in [7, 11) is 0. The molecule has 210 valence electrons. The summed E-state index contributed by atoms with van der Waals surface area (Å²) in [5, 5.41) is 16.6. The van der Waals surface area contributed by atoms with Crippen LogP contribution in [0.15, 0.2) is 42.9 Å². The Morgan fingerprint density at radius 2 is 1.46 bits per heavy atom. The fourth-order valence-electron chi connectivity index (χ4n) is 3.57. The minimum Gasteiger partial charge on any atom is -0.480 e. The first kappa shape index (κ1) is 30.4. The molecule has 4 atom stereocenters. The van der Waals surface area contributed by atoms with E-state index in [4.69, 9.17) is 17.2 Å². The van der Waals surface area contributed by atoms with Gasteiger partial charge in [-0.25, -0.2) is 9.78 Å². The minimum atomic E-state index is -1.57. The van der Waals surface area contributed by atoms with Crippen LogP contribution in [0.3, 0.4) is 0 Å². The van der Waals surface area contributed by atoms with Gasteiger partial charge in [0.2, 0.25) is 29.5 Å². The summed E-state index contributed by atoms with van der Waals surface area (Å²) in [6.45, 7) is 0. The van der Waals surface area contributed by atoms with Gasteiger partial charge < -0.3 is 43.2 Å². The highest BCUT2D eigenvalue weighted by atomic mass is 16.4. The molecule has 0 spiro atoms. The topological polar surface area (TPSA) is 265 Å². The van der Waals surface area contributed by atoms with E-state index in [-0.39, 0.29) is 25.7 Å². The zero-order chi connectivity index (χ0) is 28.9. The van der Waals surface area contributed by atoms with Crippen molar-refractivity contribution in [2.75, 3.05) is 0 Å². The van der Waals surface area contributed by atoms with Gasteiger partial charge in [-0.2, -0.15) is 0 Å². The number of H-pyrrole nitrogens is 1. The number of rotatable bonds is 16. The molecular formula is C24H32N8O7. The average molecular weight is 545 g/mol. The third kappa shape index (κ3) is 10.6. The van der Waals surface area contributed by atoms with Crippen molar-refractivity contribution in [2.45, 2.75) is 56.3 Å². The van der Waals surface area contributed by atoms with Crippen LogP contribution in [0.25, 0.3) is 0 Å². The van der Waals surface area contributed by atoms with E-state index in [0.717, 1.165) is 0 Å². The zero-order valence-corrected chi connectivity index (χ0v) is 21.0. The number of nitrogens with one attached hydrogen (secondary N) is 4. The minimum absolute atomic E-state index is 0.0648. The van der Waals surface area contributed by atoms with Gasteiger partial charge in [0.05, 0.1) is 18.8 Å². The molecule has 1 aromatic carbocycles. The molecule has 2 aromatic rings. The number of carboxylic acid groups (broad SMARTS) is 1. The summed E-state index contributed by atoms with van der Waals surface area (Å²) in [5.41, 5.74) is 17.5. The summed E-state index contributed by atoms with van der Waals surface area (Å²) in [4.78, 5) is 80.0. The predicted octanol–water partition coefficient (Wildman–Crippen LogP) is -2.80. The lowest BCUT2D eigenvalue weighted by atomic mass is 10.0. The van der Waals surface area contributed by atoms with E-state index in [1.807, 2.05) is 0 Å². The molecule has 0 saturated heterocycles. The van der Waals surface area contributed by atoms with Crippen molar-refractivity contribution in [3.05, 3.63) is 54.1 Å². The van der Waals surface area contributed by atoms with Crippen molar-refractivity contribution in [1.29, 1.82) is 0 Å². The number of primary amides is 2. The van der Waals surface area contributed by atoms with E-state index in [0.29, 0.717) is 11.3 Å². The summed E-state index contributed by atoms with van der Waals surface area (Å²) in [5.74, 6) is -5.70. The van der Waals surface area contributed by atoms with Gasteiger partial charge in [0.15, 0.2) is 0 Å². The number of hydrogen-bond donors (Lipinski definition) is 8. The fourth-order valence-corrected chi connectivity index (χ4v) is 3.57. The number of amides is 5. The van der Waals surface area contributed by atoms with E-state index < -0.39 is 66.1 Å². The molecule has 1 aromatic heterocycles. The second-order valence-corrected chi connectivity index (χ2v) is 8.77. The number of carboxylic acids is 1. The van der Waals surface area contributed by atoms with Crippen LogP contribution >= 0.6 is 0 Å². The number of carbonyl (C=O) groups excluding carboxylic acids is 5. The Labute approximate surface area is 223 Å². The molecule has 15 heteroatoms. The molecule has 39 heavy (non-hydrogen) atoms. The van der Waals surface area contributed by atoms with Crippen LogP contribution in [0.1, 0.15) is 30.5 Å². The van der Waals surface area contributed by atoms with Gasteiger partial charge in [0, 0.05) is 31.2 Å². The van der Waals surface area contributed by atoms with E-state index in [2.05, 4.69) is 25.9 Å². The van der Waals surface area contributed by atoms with Crippen LogP contribution in [-0.2, 0) is 41.6 Å². The highest BCUT2D eigenvalue weighted by Gasteiger charge is 2.31. The number of aromatic nitrogens is 2. The normalized spacial score (nSPS) is 13.8. The third-order valence-corrected chi connectivity index (χ3v) is 5.58. The number of benzene rings is 1. The molecule has 4 unspecified atom stereocenters. The van der Waals surface area contributed by atoms with Crippen LogP contribution in [0.5, 0.6) is 0 Å². The molecule has 0 aliphatic carbocycles. The number of nitrogens with zero attached hydrogens (tertiary/aromatic N) is 1. The van der Waals surface area contributed by atoms with E-state index >= 15 is 0 Å². The first-order chi connectivity index (χ1) is 18.5. The standard InChI is InChI=1S/C24H32N8O7/c25-15(9-14-11-28-12-29-14)21(35)30-16(6-7-19(26)33)22(36)31-17(10-20(27)34)23(37)32-18(24(38)39)8-13-4-2-1-3-5-13/h1-5,11-12,15-18H,6-10,25H2,(H2,26,33)(H2,27,34)(H,28,29)(H,30,35)(H,31,36)(H,32,37)(H,38,39). The number of hydrogen-bond acceptors (Lipinski definition) is 8. The largest absolute Gasteiger partial charge is 0.480 e. The van der Waals surface area contributed by atoms with Crippen LogP contribution < -0.4 is 33.2 Å². The van der Waals surface area contributed by atoms with Gasteiger partial charge in [-0.05, 0) is 12.0 Å². The van der Waals surface area contributed by atoms with Crippen LogP contribution in [0.2, 0.25) is 0 Å². The number of imidazole rings is 1. The van der Waals surface area contributed by atoms with Crippen LogP contribution in [0.4, 0.5) is 0 Å². The SMILES string of the molecule is NC(=O)CCC(NC(=O)C(N)Cc1cnc[nH]1)C(=O)NC(CC(N)=O)C(=O)NC(Cc1ccccc1)C(=O)O. The molecule has 0 saturated carbocycles. The smallest absolute Gasteiger partial charge is 0.326 e. The van der Waals surface area contributed by atoms with Crippen molar-refractivity contribution in [2.24, 2.45) is 17.2 Å². The fraction of sp³-hybridized carbons (Fsp3) is 0.375. The molecule has 11 N–H and O–H groups in total. The lowest BCUT2D eigenvalue weighted by molar-refractivity contribution is -0.142. The number of nitrogens with two attached hydrogens (primary N) is 3. The quantitative estimate of drug-likeness (QED) is 0.108. The van der Waals surface area contributed by atoms with Crippen molar-refractivity contribution in [3.8, 4) is 0 Å². The van der Waals surface area contributed by atoms with Gasteiger partial charge >= 0.3 is 5.97 Å². The van der Waals surface area contributed by atoms with Gasteiger partial charge in [-0.1, -0.05) is 30.3 Å². The van der Waals surface area contributed by atoms with Crippen molar-refractivity contribution in [3.63, 3.8) is 0 Å². The first-order valence-electron chi connectivity index (χ1n) is 11.9. The Hall–Kier alpha value is -4.79. The molecule has 1 heterocycles. The van der Waals surface area contributed by atoms with E-state index in [1.54, 1.807) is 30.3 Å². The van der Waals surface area contributed by atoms with E-state index in [9.17, 15) is 33.9 Å². The molecule has 2 rings (SSSR count). The molecular weight excluding hydrogens is 512 g/mol. The van der Waals surface area contributed by atoms with Crippen LogP contribution in [0, 0.1) is 0 Å². The highest BCUT2D eigenvalue weighted by molar-refractivity contribution is 5.96. The predicted molar refractivity (Wildman–Crippen MR) is 136 cm³/mol. The number of carbonyl (C=O) groups is 6. The Morgan fingerprint density at radius 3 is 2.03 bits per heavy atom. The lowest BCUT2D eigenvalue weighted by Crippen LogP contribution is -2.58. The van der Waals surface area contributed by atoms with Gasteiger partial charge in [0.1, 0.15) is 18.1 Å². The zero-order valence-electron chi connectivity index (χ0n) is 21.0. The Balaban J connectivity index is 2.14. The summed E-state index contributed by atoms with van der Waals surface area (Å²) < 4.78 is 0. The molecule has 0 aliphatic heterocycles. The van der Waals surface area contributed by atoms with E-state index in [1.165, 1.54) is 12.5 Å². The maximum atomic E-state index is 13.1. The molecule has 0 aliphatic rings. The molecule has 0 fully saturated rings. The van der Waals surface area contributed by atoms with Crippen molar-refractivity contribution >= 4 is 35.5 Å². The number of aliphatic carboxylic acids is 1. The third-order valence-electron chi connectivity index (χ3n) is 5.58. The number of aromatic amines is 1. The van der Waals surface area contributed by atoms with Crippen molar-refractivity contribution < 1.29 is 33.9 Å².